The fraction of sp³-hybridized carbons (Fsp3) is 0.796. The zero-order chi connectivity index (χ0) is 58.1. The highest BCUT2D eigenvalue weighted by Gasteiger charge is 2.30. The van der Waals surface area contributed by atoms with E-state index in [9.17, 15) is 63.0 Å². The SMILES string of the molecule is O=CCNC(=O)CNC(=O)COCCOCCNC(=O)COCCOCCNC(=O)[C@H](CCC(=O)O)NC(=O)CC[C@H](NC(=O)C1CCC(CNC(=O)CCCCCCCCCCCCCCCCCCC(=O)O)CC1)C(=O)O. The molecule has 25 nitrogen and oxygen atoms in total. The third-order valence-corrected chi connectivity index (χ3v) is 13.1. The topological polar surface area (TPSA) is 370 Å². The summed E-state index contributed by atoms with van der Waals surface area (Å²) in [4.78, 5) is 131. The first-order valence-corrected chi connectivity index (χ1v) is 28.5. The van der Waals surface area contributed by atoms with Crippen LogP contribution < -0.4 is 37.2 Å². The summed E-state index contributed by atoms with van der Waals surface area (Å²) in [6.07, 6.45) is 20.8. The van der Waals surface area contributed by atoms with Crippen molar-refractivity contribution in [1.29, 1.82) is 0 Å². The molecule has 1 aliphatic carbocycles. The lowest BCUT2D eigenvalue weighted by Crippen LogP contribution is -2.48. The summed E-state index contributed by atoms with van der Waals surface area (Å²) in [5, 5.41) is 45.6. The van der Waals surface area contributed by atoms with Crippen molar-refractivity contribution < 1.29 is 87.0 Å². The monoisotopic (exact) mass is 1130 g/mol. The number of hydrogen-bond donors (Lipinski definition) is 10. The normalized spacial score (nSPS) is 14.7. The van der Waals surface area contributed by atoms with E-state index < -0.39 is 77.8 Å². The van der Waals surface area contributed by atoms with Crippen LogP contribution >= 0.6 is 0 Å². The molecular formula is C54H93N7O18. The van der Waals surface area contributed by atoms with Crippen molar-refractivity contribution in [3.05, 3.63) is 0 Å². The molecular weight excluding hydrogens is 1030 g/mol. The Labute approximate surface area is 465 Å². The van der Waals surface area contributed by atoms with Crippen molar-refractivity contribution in [2.75, 3.05) is 85.6 Å². The summed E-state index contributed by atoms with van der Waals surface area (Å²) in [5.41, 5.74) is 0. The van der Waals surface area contributed by atoms with Crippen molar-refractivity contribution in [2.24, 2.45) is 11.8 Å². The largest absolute Gasteiger partial charge is 0.481 e. The van der Waals surface area contributed by atoms with Gasteiger partial charge in [0.25, 0.3) is 0 Å². The van der Waals surface area contributed by atoms with E-state index in [0.717, 1.165) is 38.5 Å². The molecule has 0 saturated heterocycles. The van der Waals surface area contributed by atoms with E-state index >= 15 is 0 Å². The molecule has 452 valence electrons. The van der Waals surface area contributed by atoms with E-state index in [-0.39, 0.29) is 117 Å². The Kier molecular flexibility index (Phi) is 43.4. The molecule has 0 aromatic carbocycles. The standard InChI is InChI=1S/C54H93N7O18/c62-30-27-55-47(65)38-59-49(67)40-79-36-33-76-31-28-56-48(66)39-78-35-34-77-32-29-57-53(73)43(24-26-51(70)71)60-46(64)25-23-44(54(74)75)61-52(72)42-21-19-41(20-22-42)37-58-45(63)17-15-13-11-9-7-5-3-1-2-4-6-8-10-12-14-16-18-50(68)69/h30,41-44H,1-29,31-40H2,(H,55,65)(H,56,66)(H,57,73)(H,58,63)(H,59,67)(H,60,64)(H,61,72)(H,68,69)(H,70,71)(H,74,75)/t41?,42?,43-,44-/m0/s1. The second kappa shape index (κ2) is 48.1. The van der Waals surface area contributed by atoms with Crippen LogP contribution in [0.1, 0.15) is 167 Å². The van der Waals surface area contributed by atoms with E-state index in [1.54, 1.807) is 0 Å². The Balaban J connectivity index is 2.18. The van der Waals surface area contributed by atoms with Gasteiger partial charge in [0.05, 0.1) is 52.7 Å². The van der Waals surface area contributed by atoms with E-state index in [0.29, 0.717) is 44.9 Å². The number of aliphatic carboxylic acids is 3. The van der Waals surface area contributed by atoms with Crippen LogP contribution in [0.2, 0.25) is 0 Å². The van der Waals surface area contributed by atoms with Crippen molar-refractivity contribution >= 4 is 65.5 Å². The highest BCUT2D eigenvalue weighted by Crippen LogP contribution is 2.29. The number of carboxylic acid groups (broad SMARTS) is 3. The van der Waals surface area contributed by atoms with Crippen LogP contribution in [0.3, 0.4) is 0 Å². The molecule has 0 bridgehead atoms. The highest BCUT2D eigenvalue weighted by molar-refractivity contribution is 5.89. The Hall–Kier alpha value is -5.79. The number of hydrogen-bond acceptors (Lipinski definition) is 15. The highest BCUT2D eigenvalue weighted by atomic mass is 16.5. The van der Waals surface area contributed by atoms with E-state index in [4.69, 9.17) is 24.1 Å². The molecule has 0 radical (unpaired) electrons. The number of aldehydes is 1. The van der Waals surface area contributed by atoms with Crippen LogP contribution in [0.15, 0.2) is 0 Å². The second-order valence-corrected chi connectivity index (χ2v) is 19.8. The molecule has 79 heavy (non-hydrogen) atoms. The predicted octanol–water partition coefficient (Wildman–Crippen LogP) is 2.44. The van der Waals surface area contributed by atoms with Crippen LogP contribution in [0.4, 0.5) is 0 Å². The molecule has 1 saturated carbocycles. The summed E-state index contributed by atoms with van der Waals surface area (Å²) in [6, 6.07) is -2.61. The first-order chi connectivity index (χ1) is 38.1. The number of rotatable bonds is 52. The molecule has 2 atom stereocenters. The number of nitrogens with one attached hydrogen (secondary N) is 7. The van der Waals surface area contributed by atoms with Gasteiger partial charge in [-0.05, 0) is 57.3 Å². The fourth-order valence-electron chi connectivity index (χ4n) is 8.54. The molecule has 0 unspecified atom stereocenters. The summed E-state index contributed by atoms with van der Waals surface area (Å²) < 4.78 is 21.1. The number of amides is 7. The minimum Gasteiger partial charge on any atom is -0.481 e. The maximum atomic E-state index is 13.1. The van der Waals surface area contributed by atoms with Gasteiger partial charge in [-0.25, -0.2) is 4.79 Å². The number of carboxylic acids is 3. The molecule has 0 aliphatic heterocycles. The molecule has 0 heterocycles. The Morgan fingerprint density at radius 3 is 1.44 bits per heavy atom. The third-order valence-electron chi connectivity index (χ3n) is 13.1. The zero-order valence-corrected chi connectivity index (χ0v) is 46.4. The maximum absolute atomic E-state index is 13.1. The van der Waals surface area contributed by atoms with Crippen LogP contribution in [-0.2, 0) is 71.7 Å². The minimum atomic E-state index is -1.37. The fourth-order valence-corrected chi connectivity index (χ4v) is 8.54. The van der Waals surface area contributed by atoms with Crippen molar-refractivity contribution in [3.8, 4) is 0 Å². The average molecular weight is 1130 g/mol. The van der Waals surface area contributed by atoms with Gasteiger partial charge in [0.15, 0.2) is 0 Å². The molecule has 7 amide bonds. The third kappa shape index (κ3) is 42.8. The summed E-state index contributed by atoms with van der Waals surface area (Å²) in [5.74, 6) is -6.66. The van der Waals surface area contributed by atoms with Gasteiger partial charge in [-0.2, -0.15) is 0 Å². The Morgan fingerprint density at radius 2 is 0.924 bits per heavy atom. The molecule has 0 spiro atoms. The minimum absolute atomic E-state index is 0.00426. The molecule has 1 fully saturated rings. The van der Waals surface area contributed by atoms with Gasteiger partial charge < -0.3 is 76.3 Å². The molecule has 0 aromatic rings. The van der Waals surface area contributed by atoms with Crippen LogP contribution in [0, 0.1) is 11.8 Å². The number of ether oxygens (including phenoxy) is 4. The average Bonchev–Trinajstić information content (AvgIpc) is 3.42. The van der Waals surface area contributed by atoms with E-state index in [2.05, 4.69) is 37.2 Å². The summed E-state index contributed by atoms with van der Waals surface area (Å²) >= 11 is 0. The molecule has 25 heteroatoms. The van der Waals surface area contributed by atoms with Gasteiger partial charge in [-0.3, -0.25) is 43.2 Å². The van der Waals surface area contributed by atoms with Crippen LogP contribution in [0.5, 0.6) is 0 Å². The second-order valence-electron chi connectivity index (χ2n) is 19.8. The maximum Gasteiger partial charge on any atom is 0.326 e. The number of carbonyl (C=O) groups excluding carboxylic acids is 8. The van der Waals surface area contributed by atoms with Crippen LogP contribution in [0.25, 0.3) is 0 Å². The molecule has 1 aliphatic rings. The van der Waals surface area contributed by atoms with Crippen LogP contribution in [-0.4, -0.2) is 179 Å². The number of carbonyl (C=O) groups is 11. The Bertz CT molecular complexity index is 1780. The van der Waals surface area contributed by atoms with Crippen molar-refractivity contribution in [3.63, 3.8) is 0 Å². The quantitative estimate of drug-likeness (QED) is 0.0309. The zero-order valence-electron chi connectivity index (χ0n) is 46.4. The van der Waals surface area contributed by atoms with E-state index in [1.165, 1.54) is 64.2 Å². The lowest BCUT2D eigenvalue weighted by atomic mass is 9.81. The summed E-state index contributed by atoms with van der Waals surface area (Å²) in [7, 11) is 0. The van der Waals surface area contributed by atoms with Gasteiger partial charge in [0.1, 0.15) is 31.6 Å². The molecule has 10 N–H and O–H groups in total. The lowest BCUT2D eigenvalue weighted by molar-refractivity contribution is -0.143. The van der Waals surface area contributed by atoms with Gasteiger partial charge in [-0.1, -0.05) is 89.9 Å². The summed E-state index contributed by atoms with van der Waals surface area (Å²) in [6.45, 7) is 0.292. The first kappa shape index (κ1) is 71.2. The molecule has 0 aromatic heterocycles. The van der Waals surface area contributed by atoms with E-state index in [1.807, 2.05) is 0 Å². The van der Waals surface area contributed by atoms with Crippen molar-refractivity contribution in [1.82, 2.24) is 37.2 Å². The van der Waals surface area contributed by atoms with Gasteiger partial charge >= 0.3 is 17.9 Å². The van der Waals surface area contributed by atoms with Gasteiger partial charge in [-0.15, -0.1) is 0 Å². The lowest BCUT2D eigenvalue weighted by Gasteiger charge is -2.28. The Morgan fingerprint density at radius 1 is 0.443 bits per heavy atom. The first-order valence-electron chi connectivity index (χ1n) is 28.5. The number of unbranched alkanes of at least 4 members (excludes halogenated alkanes) is 15. The van der Waals surface area contributed by atoms with Crippen molar-refractivity contribution in [2.45, 2.75) is 179 Å². The smallest absolute Gasteiger partial charge is 0.326 e. The van der Waals surface area contributed by atoms with Gasteiger partial charge in [0.2, 0.25) is 41.4 Å². The van der Waals surface area contributed by atoms with Gasteiger partial charge in [0, 0.05) is 51.2 Å². The molecule has 1 rings (SSSR count). The predicted molar refractivity (Wildman–Crippen MR) is 288 cm³/mol.